The van der Waals surface area contributed by atoms with Crippen molar-refractivity contribution in [3.05, 3.63) is 41.1 Å². The fourth-order valence-corrected chi connectivity index (χ4v) is 1.50. The highest BCUT2D eigenvalue weighted by Gasteiger charge is 2.13. The summed E-state index contributed by atoms with van der Waals surface area (Å²) in [4.78, 5) is 23.1. The Bertz CT molecular complexity index is 500. The van der Waals surface area contributed by atoms with Gasteiger partial charge < -0.3 is 10.7 Å². The molecule has 1 aromatic rings. The molecule has 5 nitrogen and oxygen atoms in total. The molecule has 0 fully saturated rings. The number of anilines is 1. The molecule has 0 saturated heterocycles. The summed E-state index contributed by atoms with van der Waals surface area (Å²) in [7, 11) is 0. The summed E-state index contributed by atoms with van der Waals surface area (Å²) in [6, 6.07) is 6.57. The topological polar surface area (TPSA) is 70.2 Å². The monoisotopic (exact) mass is 281 g/mol. The first kappa shape index (κ1) is 15.0. The fourth-order valence-electron chi connectivity index (χ4n) is 1.31. The van der Waals surface area contributed by atoms with Crippen molar-refractivity contribution in [2.24, 2.45) is 0 Å². The molecule has 0 atom stereocenters. The van der Waals surface area contributed by atoms with Crippen molar-refractivity contribution in [2.45, 2.75) is 20.3 Å². The molecule has 0 aliphatic heterocycles. The van der Waals surface area contributed by atoms with E-state index in [2.05, 4.69) is 16.2 Å². The van der Waals surface area contributed by atoms with Gasteiger partial charge >= 0.3 is 11.8 Å². The minimum absolute atomic E-state index is 0.467. The normalized spacial score (nSPS) is 10.8. The number of allylic oxidation sites excluding steroid dienone is 2. The second kappa shape index (κ2) is 7.43. The molecule has 3 N–H and O–H groups in total. The molecule has 0 aliphatic carbocycles. The van der Waals surface area contributed by atoms with Crippen molar-refractivity contribution in [1.82, 2.24) is 10.9 Å². The lowest BCUT2D eigenvalue weighted by molar-refractivity contribution is -0.136. The molecule has 0 saturated carbocycles. The highest BCUT2D eigenvalue weighted by atomic mass is 35.5. The van der Waals surface area contributed by atoms with Crippen LogP contribution in [0.25, 0.3) is 0 Å². The van der Waals surface area contributed by atoms with Crippen LogP contribution in [-0.4, -0.2) is 11.8 Å². The van der Waals surface area contributed by atoms with Gasteiger partial charge in [0, 0.05) is 16.4 Å². The minimum atomic E-state index is -0.771. The first-order valence-electron chi connectivity index (χ1n) is 5.85. The molecule has 19 heavy (non-hydrogen) atoms. The maximum absolute atomic E-state index is 11.6. The molecule has 0 heterocycles. The molecule has 6 heteroatoms. The number of carbonyl (C=O) groups excluding carboxylic acids is 2. The van der Waals surface area contributed by atoms with Gasteiger partial charge in [0.05, 0.1) is 0 Å². The SMILES string of the molecule is C/C=C(/CC)NNC(=O)C(=O)Nc1cccc(Cl)c1. The van der Waals surface area contributed by atoms with Gasteiger partial charge in [0.25, 0.3) is 0 Å². The Balaban J connectivity index is 2.52. The van der Waals surface area contributed by atoms with Crippen molar-refractivity contribution in [3.8, 4) is 0 Å². The van der Waals surface area contributed by atoms with E-state index in [1.165, 1.54) is 0 Å². The van der Waals surface area contributed by atoms with Gasteiger partial charge in [-0.05, 0) is 31.5 Å². The maximum atomic E-state index is 11.6. The lowest BCUT2D eigenvalue weighted by atomic mass is 10.3. The Hall–Kier alpha value is -2.01. The molecule has 0 spiro atoms. The van der Waals surface area contributed by atoms with Crippen LogP contribution < -0.4 is 16.2 Å². The van der Waals surface area contributed by atoms with Crippen LogP contribution in [0.1, 0.15) is 20.3 Å². The van der Waals surface area contributed by atoms with Gasteiger partial charge in [0.1, 0.15) is 0 Å². The van der Waals surface area contributed by atoms with Crippen LogP contribution in [-0.2, 0) is 9.59 Å². The molecular formula is C13H16ClN3O2. The van der Waals surface area contributed by atoms with Crippen LogP contribution in [0.4, 0.5) is 5.69 Å². The molecule has 0 aliphatic rings. The fraction of sp³-hybridized carbons (Fsp3) is 0.231. The third-order valence-electron chi connectivity index (χ3n) is 2.35. The maximum Gasteiger partial charge on any atom is 0.327 e. The number of halogens is 1. The number of nitrogens with one attached hydrogen (secondary N) is 3. The summed E-state index contributed by atoms with van der Waals surface area (Å²) >= 11 is 5.78. The molecule has 0 radical (unpaired) electrons. The predicted octanol–water partition coefficient (Wildman–Crippen LogP) is 2.21. The molecule has 0 aromatic heterocycles. The van der Waals surface area contributed by atoms with E-state index >= 15 is 0 Å². The van der Waals surface area contributed by atoms with Gasteiger partial charge in [-0.2, -0.15) is 0 Å². The van der Waals surface area contributed by atoms with E-state index in [1.54, 1.807) is 24.3 Å². The summed E-state index contributed by atoms with van der Waals surface area (Å²) in [5.74, 6) is -1.53. The highest BCUT2D eigenvalue weighted by molar-refractivity contribution is 6.39. The highest BCUT2D eigenvalue weighted by Crippen LogP contribution is 2.14. The van der Waals surface area contributed by atoms with E-state index in [4.69, 9.17) is 11.6 Å². The summed E-state index contributed by atoms with van der Waals surface area (Å²) in [6.45, 7) is 3.77. The summed E-state index contributed by atoms with van der Waals surface area (Å²) in [6.07, 6.45) is 2.54. The Kier molecular flexibility index (Phi) is 5.89. The smallest absolute Gasteiger partial charge is 0.318 e. The zero-order chi connectivity index (χ0) is 14.3. The van der Waals surface area contributed by atoms with Gasteiger partial charge in [0.15, 0.2) is 0 Å². The Morgan fingerprint density at radius 1 is 1.26 bits per heavy atom. The standard InChI is InChI=1S/C13H16ClN3O2/c1-3-10(4-2)16-17-13(19)12(18)15-11-7-5-6-9(14)8-11/h3,5-8,16H,4H2,1-2H3,(H,15,18)(H,17,19)/b10-3-. The van der Waals surface area contributed by atoms with Gasteiger partial charge in [-0.1, -0.05) is 30.7 Å². The van der Waals surface area contributed by atoms with Crippen molar-refractivity contribution >= 4 is 29.1 Å². The van der Waals surface area contributed by atoms with Crippen molar-refractivity contribution in [1.29, 1.82) is 0 Å². The first-order valence-corrected chi connectivity index (χ1v) is 6.22. The van der Waals surface area contributed by atoms with E-state index in [-0.39, 0.29) is 0 Å². The van der Waals surface area contributed by atoms with Crippen LogP contribution in [0.3, 0.4) is 0 Å². The number of hydrazine groups is 1. The average Bonchev–Trinajstić information content (AvgIpc) is 2.39. The van der Waals surface area contributed by atoms with Crippen LogP contribution in [0.5, 0.6) is 0 Å². The average molecular weight is 282 g/mol. The Morgan fingerprint density at radius 3 is 2.58 bits per heavy atom. The zero-order valence-corrected chi connectivity index (χ0v) is 11.5. The zero-order valence-electron chi connectivity index (χ0n) is 10.8. The largest absolute Gasteiger partial charge is 0.327 e. The van der Waals surface area contributed by atoms with Crippen LogP contribution >= 0.6 is 11.6 Å². The summed E-state index contributed by atoms with van der Waals surface area (Å²) in [5, 5.41) is 2.93. The number of benzene rings is 1. The molecular weight excluding hydrogens is 266 g/mol. The van der Waals surface area contributed by atoms with Crippen molar-refractivity contribution < 1.29 is 9.59 Å². The van der Waals surface area contributed by atoms with Gasteiger partial charge in [-0.15, -0.1) is 0 Å². The van der Waals surface area contributed by atoms with Crippen LogP contribution in [0, 0.1) is 0 Å². The first-order chi connectivity index (χ1) is 9.06. The van der Waals surface area contributed by atoms with Crippen molar-refractivity contribution in [3.63, 3.8) is 0 Å². The van der Waals surface area contributed by atoms with Gasteiger partial charge in [-0.25, -0.2) is 0 Å². The Labute approximate surface area is 117 Å². The van der Waals surface area contributed by atoms with E-state index in [1.807, 2.05) is 19.9 Å². The number of hydrogen-bond acceptors (Lipinski definition) is 3. The van der Waals surface area contributed by atoms with E-state index in [0.29, 0.717) is 10.7 Å². The summed E-state index contributed by atoms with van der Waals surface area (Å²) < 4.78 is 0. The Morgan fingerprint density at radius 2 is 2.00 bits per heavy atom. The molecule has 2 amide bonds. The lowest BCUT2D eigenvalue weighted by Crippen LogP contribution is -2.43. The van der Waals surface area contributed by atoms with Crippen LogP contribution in [0.2, 0.25) is 5.02 Å². The van der Waals surface area contributed by atoms with E-state index in [9.17, 15) is 9.59 Å². The third kappa shape index (κ3) is 5.01. The molecule has 1 rings (SSSR count). The molecule has 0 bridgehead atoms. The number of carbonyl (C=O) groups is 2. The molecule has 1 aromatic carbocycles. The second-order valence-corrected chi connectivity index (χ2v) is 4.15. The molecule has 0 unspecified atom stereocenters. The third-order valence-corrected chi connectivity index (χ3v) is 2.59. The quantitative estimate of drug-likeness (QED) is 0.585. The van der Waals surface area contributed by atoms with Gasteiger partial charge in [0.2, 0.25) is 0 Å². The lowest BCUT2D eigenvalue weighted by Gasteiger charge is -2.10. The van der Waals surface area contributed by atoms with Crippen LogP contribution in [0.15, 0.2) is 36.0 Å². The molecule has 102 valence electrons. The van der Waals surface area contributed by atoms with Gasteiger partial charge in [-0.3, -0.25) is 15.0 Å². The number of amides is 2. The predicted molar refractivity (Wildman–Crippen MR) is 75.4 cm³/mol. The van der Waals surface area contributed by atoms with Crippen molar-refractivity contribution in [2.75, 3.05) is 5.32 Å². The second-order valence-electron chi connectivity index (χ2n) is 3.71. The van der Waals surface area contributed by atoms with E-state index in [0.717, 1.165) is 12.1 Å². The summed E-state index contributed by atoms with van der Waals surface area (Å²) in [5.41, 5.74) is 6.28. The number of rotatable bonds is 4. The minimum Gasteiger partial charge on any atom is -0.318 e. The number of hydrogen-bond donors (Lipinski definition) is 3. The van der Waals surface area contributed by atoms with E-state index < -0.39 is 11.8 Å².